The van der Waals surface area contributed by atoms with Gasteiger partial charge in [0.2, 0.25) is 10.0 Å². The lowest BCUT2D eigenvalue weighted by molar-refractivity contribution is 0.484. The van der Waals surface area contributed by atoms with Crippen LogP contribution in [-0.4, -0.2) is 27.1 Å². The van der Waals surface area contributed by atoms with Gasteiger partial charge < -0.3 is 0 Å². The minimum atomic E-state index is -3.66. The van der Waals surface area contributed by atoms with Crippen molar-refractivity contribution < 1.29 is 21.4 Å². The van der Waals surface area contributed by atoms with Gasteiger partial charge in [-0.1, -0.05) is 18.2 Å². The van der Waals surface area contributed by atoms with Crippen LogP contribution in [-0.2, 0) is 20.1 Å². The average molecular weight is 267 g/mol. The fraction of sp³-hybridized carbons (Fsp3) is 0.250. The van der Waals surface area contributed by atoms with Crippen molar-refractivity contribution in [3.63, 3.8) is 0 Å². The molecule has 0 saturated carbocycles. The summed E-state index contributed by atoms with van der Waals surface area (Å²) in [5.74, 6) is -0.201. The molecular formula is C8H13NO5S2. The SMILES string of the molecule is CCS(=O)(=O)O.NS(=O)(=O)c1ccccc1. The normalized spacial score (nSPS) is 11.4. The van der Waals surface area contributed by atoms with Crippen molar-refractivity contribution in [3.8, 4) is 0 Å². The molecule has 1 rings (SSSR count). The molecule has 6 nitrogen and oxygen atoms in total. The molecule has 0 fully saturated rings. The van der Waals surface area contributed by atoms with Crippen molar-refractivity contribution in [1.82, 2.24) is 0 Å². The van der Waals surface area contributed by atoms with E-state index < -0.39 is 20.1 Å². The average Bonchev–Trinajstić information content (AvgIpc) is 2.18. The van der Waals surface area contributed by atoms with Gasteiger partial charge in [-0.2, -0.15) is 8.42 Å². The van der Waals surface area contributed by atoms with E-state index in [0.717, 1.165) is 0 Å². The maximum Gasteiger partial charge on any atom is 0.264 e. The summed E-state index contributed by atoms with van der Waals surface area (Å²) in [4.78, 5) is 0.148. The van der Waals surface area contributed by atoms with Gasteiger partial charge >= 0.3 is 0 Å². The molecule has 0 heterocycles. The van der Waals surface area contributed by atoms with Crippen molar-refractivity contribution in [1.29, 1.82) is 0 Å². The molecular weight excluding hydrogens is 254 g/mol. The van der Waals surface area contributed by atoms with Gasteiger partial charge in [-0.05, 0) is 19.1 Å². The van der Waals surface area contributed by atoms with Gasteiger partial charge in [0, 0.05) is 0 Å². The summed E-state index contributed by atoms with van der Waals surface area (Å²) in [5, 5.41) is 4.83. The second-order valence-corrected chi connectivity index (χ2v) is 6.03. The molecule has 0 bridgehead atoms. The van der Waals surface area contributed by atoms with Crippen LogP contribution in [0, 0.1) is 0 Å². The van der Waals surface area contributed by atoms with Crippen molar-refractivity contribution in [2.75, 3.05) is 5.75 Å². The Kier molecular flexibility index (Phi) is 5.59. The van der Waals surface area contributed by atoms with Crippen LogP contribution in [0.15, 0.2) is 35.2 Å². The van der Waals surface area contributed by atoms with Gasteiger partial charge in [0.1, 0.15) is 0 Å². The quantitative estimate of drug-likeness (QED) is 0.744. The highest BCUT2D eigenvalue weighted by Gasteiger charge is 2.03. The van der Waals surface area contributed by atoms with E-state index in [1.54, 1.807) is 18.2 Å². The first-order valence-electron chi connectivity index (χ1n) is 4.20. The van der Waals surface area contributed by atoms with E-state index >= 15 is 0 Å². The van der Waals surface area contributed by atoms with E-state index in [-0.39, 0.29) is 10.6 Å². The van der Waals surface area contributed by atoms with Crippen LogP contribution in [0.1, 0.15) is 6.92 Å². The van der Waals surface area contributed by atoms with Gasteiger partial charge in [-0.3, -0.25) is 4.55 Å². The maximum atomic E-state index is 10.6. The number of hydrogen-bond donors (Lipinski definition) is 2. The Balaban J connectivity index is 0.000000325. The molecule has 0 aliphatic heterocycles. The lowest BCUT2D eigenvalue weighted by Gasteiger charge is -1.93. The molecule has 0 atom stereocenters. The second kappa shape index (κ2) is 5.94. The highest BCUT2D eigenvalue weighted by atomic mass is 32.2. The smallest absolute Gasteiger partial charge is 0.264 e. The third-order valence-corrected chi connectivity index (χ3v) is 3.10. The lowest BCUT2D eigenvalue weighted by atomic mass is 10.4. The fourth-order valence-corrected chi connectivity index (χ4v) is 1.15. The zero-order valence-electron chi connectivity index (χ0n) is 8.57. The summed E-state index contributed by atoms with van der Waals surface area (Å²) >= 11 is 0. The van der Waals surface area contributed by atoms with Crippen molar-refractivity contribution in [2.24, 2.45) is 5.14 Å². The first-order valence-corrected chi connectivity index (χ1v) is 7.35. The van der Waals surface area contributed by atoms with E-state index in [2.05, 4.69) is 0 Å². The molecule has 92 valence electrons. The summed E-state index contributed by atoms with van der Waals surface area (Å²) < 4.78 is 48.1. The zero-order chi connectivity index (χ0) is 12.8. The van der Waals surface area contributed by atoms with Crippen LogP contribution in [0.5, 0.6) is 0 Å². The van der Waals surface area contributed by atoms with Gasteiger partial charge in [0.25, 0.3) is 10.1 Å². The predicted molar refractivity (Wildman–Crippen MR) is 59.9 cm³/mol. The number of benzene rings is 1. The van der Waals surface area contributed by atoms with Crippen molar-refractivity contribution in [2.45, 2.75) is 11.8 Å². The molecule has 0 radical (unpaired) electrons. The topological polar surface area (TPSA) is 115 Å². The molecule has 0 aliphatic carbocycles. The summed E-state index contributed by atoms with van der Waals surface area (Å²) in [6, 6.07) is 7.89. The van der Waals surface area contributed by atoms with E-state index in [0.29, 0.717) is 0 Å². The minimum Gasteiger partial charge on any atom is -0.286 e. The Morgan fingerprint density at radius 2 is 1.50 bits per heavy atom. The molecule has 0 aliphatic rings. The van der Waals surface area contributed by atoms with Gasteiger partial charge in [-0.15, -0.1) is 0 Å². The lowest BCUT2D eigenvalue weighted by Crippen LogP contribution is -2.11. The van der Waals surface area contributed by atoms with Crippen LogP contribution in [0.3, 0.4) is 0 Å². The number of hydrogen-bond acceptors (Lipinski definition) is 4. The maximum absolute atomic E-state index is 10.6. The van der Waals surface area contributed by atoms with Crippen LogP contribution in [0.25, 0.3) is 0 Å². The zero-order valence-corrected chi connectivity index (χ0v) is 10.2. The summed E-state index contributed by atoms with van der Waals surface area (Å²) in [6.45, 7) is 1.37. The van der Waals surface area contributed by atoms with Gasteiger partial charge in [0.15, 0.2) is 0 Å². The van der Waals surface area contributed by atoms with Gasteiger partial charge in [-0.25, -0.2) is 13.6 Å². The van der Waals surface area contributed by atoms with Crippen LogP contribution < -0.4 is 5.14 Å². The highest BCUT2D eigenvalue weighted by Crippen LogP contribution is 2.02. The van der Waals surface area contributed by atoms with Crippen molar-refractivity contribution >= 4 is 20.1 Å². The standard InChI is InChI=1S/C6H7NO2S.C2H6O3S/c7-10(8,9)6-4-2-1-3-5-6;1-2-6(3,4)5/h1-5H,(H2,7,8,9);2H2,1H3,(H,3,4,5). The molecule has 3 N–H and O–H groups in total. The number of sulfonamides is 1. The first-order chi connectivity index (χ1) is 7.17. The first kappa shape index (κ1) is 15.0. The molecule has 0 amide bonds. The summed E-state index contributed by atoms with van der Waals surface area (Å²) in [6.07, 6.45) is 0. The summed E-state index contributed by atoms with van der Waals surface area (Å²) in [5.41, 5.74) is 0. The number of primary sulfonamides is 1. The Morgan fingerprint density at radius 1 is 1.12 bits per heavy atom. The van der Waals surface area contributed by atoms with E-state index in [1.165, 1.54) is 19.1 Å². The Bertz CT molecular complexity index is 507. The molecule has 0 aromatic heterocycles. The molecule has 0 unspecified atom stereocenters. The monoisotopic (exact) mass is 267 g/mol. The highest BCUT2D eigenvalue weighted by molar-refractivity contribution is 7.89. The number of nitrogens with two attached hydrogens (primary N) is 1. The Hall–Kier alpha value is -0.960. The van der Waals surface area contributed by atoms with E-state index in [9.17, 15) is 16.8 Å². The molecule has 16 heavy (non-hydrogen) atoms. The number of rotatable bonds is 2. The second-order valence-electron chi connectivity index (χ2n) is 2.73. The predicted octanol–water partition coefficient (Wildman–Crippen LogP) is 0.228. The van der Waals surface area contributed by atoms with Crippen LogP contribution in [0.4, 0.5) is 0 Å². The molecule has 0 spiro atoms. The minimum absolute atomic E-state index is 0.148. The molecule has 0 saturated heterocycles. The van der Waals surface area contributed by atoms with Crippen LogP contribution in [0.2, 0.25) is 0 Å². The third-order valence-electron chi connectivity index (χ3n) is 1.44. The van der Waals surface area contributed by atoms with E-state index in [4.69, 9.17) is 9.69 Å². The largest absolute Gasteiger partial charge is 0.286 e. The molecule has 8 heteroatoms. The third kappa shape index (κ3) is 7.35. The van der Waals surface area contributed by atoms with Gasteiger partial charge in [0.05, 0.1) is 10.6 Å². The summed E-state index contributed by atoms with van der Waals surface area (Å²) in [7, 11) is -7.16. The fourth-order valence-electron chi connectivity index (χ4n) is 0.610. The van der Waals surface area contributed by atoms with Crippen LogP contribution >= 0.6 is 0 Å². The van der Waals surface area contributed by atoms with E-state index in [1.807, 2.05) is 0 Å². The van der Waals surface area contributed by atoms with Crippen molar-refractivity contribution in [3.05, 3.63) is 30.3 Å². The molecule has 1 aromatic carbocycles. The Morgan fingerprint density at radius 3 is 1.69 bits per heavy atom. The Labute approximate surface area is 94.9 Å². The molecule has 1 aromatic rings.